The number of para-hydroxylation sites is 1. The van der Waals surface area contributed by atoms with Gasteiger partial charge in [-0.25, -0.2) is 0 Å². The highest BCUT2D eigenvalue weighted by Gasteiger charge is 2.31. The number of rotatable bonds is 3. The highest BCUT2D eigenvalue weighted by atomic mass is 19.4. The Morgan fingerprint density at radius 1 is 1.38 bits per heavy atom. The van der Waals surface area contributed by atoms with E-state index in [4.69, 9.17) is 5.11 Å². The van der Waals surface area contributed by atoms with Crippen LogP contribution in [0.5, 0.6) is 5.75 Å². The lowest BCUT2D eigenvalue weighted by Crippen LogP contribution is -2.17. The molecular formula is C11H11F3O2. The van der Waals surface area contributed by atoms with Gasteiger partial charge < -0.3 is 9.84 Å². The van der Waals surface area contributed by atoms with Crippen molar-refractivity contribution in [2.75, 3.05) is 6.61 Å². The van der Waals surface area contributed by atoms with Crippen molar-refractivity contribution in [1.82, 2.24) is 0 Å². The van der Waals surface area contributed by atoms with Crippen LogP contribution in [0.2, 0.25) is 0 Å². The largest absolute Gasteiger partial charge is 0.573 e. The second-order valence-corrected chi connectivity index (χ2v) is 3.23. The van der Waals surface area contributed by atoms with Crippen molar-refractivity contribution in [3.8, 4) is 5.75 Å². The Kier molecular flexibility index (Phi) is 3.95. The lowest BCUT2D eigenvalue weighted by atomic mass is 10.1. The maximum Gasteiger partial charge on any atom is 0.573 e. The van der Waals surface area contributed by atoms with Crippen LogP contribution in [0.1, 0.15) is 12.5 Å². The first-order valence-electron chi connectivity index (χ1n) is 4.55. The zero-order valence-corrected chi connectivity index (χ0v) is 8.58. The van der Waals surface area contributed by atoms with Gasteiger partial charge in [0.15, 0.2) is 0 Å². The molecule has 2 nitrogen and oxygen atoms in total. The van der Waals surface area contributed by atoms with Crippen LogP contribution in [0.15, 0.2) is 29.8 Å². The molecule has 1 rings (SSSR count). The van der Waals surface area contributed by atoms with Gasteiger partial charge in [-0.2, -0.15) is 0 Å². The number of aliphatic hydroxyl groups is 1. The summed E-state index contributed by atoms with van der Waals surface area (Å²) in [6.07, 6.45) is -3.27. The van der Waals surface area contributed by atoms with Crippen molar-refractivity contribution in [2.45, 2.75) is 13.3 Å². The molecule has 0 unspecified atom stereocenters. The number of hydrogen-bond donors (Lipinski definition) is 1. The van der Waals surface area contributed by atoms with Gasteiger partial charge in [-0.1, -0.05) is 24.3 Å². The van der Waals surface area contributed by atoms with Crippen LogP contribution in [0.4, 0.5) is 13.2 Å². The van der Waals surface area contributed by atoms with Crippen LogP contribution in [0.3, 0.4) is 0 Å². The van der Waals surface area contributed by atoms with Crippen LogP contribution in [-0.4, -0.2) is 18.1 Å². The van der Waals surface area contributed by atoms with Gasteiger partial charge in [0.05, 0.1) is 6.61 Å². The van der Waals surface area contributed by atoms with Crippen LogP contribution in [0, 0.1) is 0 Å². The van der Waals surface area contributed by atoms with Crippen molar-refractivity contribution < 1.29 is 23.0 Å². The first-order valence-corrected chi connectivity index (χ1v) is 4.55. The van der Waals surface area contributed by atoms with Crippen molar-refractivity contribution in [1.29, 1.82) is 0 Å². The Morgan fingerprint density at radius 3 is 2.56 bits per heavy atom. The number of benzene rings is 1. The average molecular weight is 232 g/mol. The molecule has 0 amide bonds. The maximum atomic E-state index is 12.0. The summed E-state index contributed by atoms with van der Waals surface area (Å²) in [5.41, 5.74) is 0.838. The third kappa shape index (κ3) is 3.94. The summed E-state index contributed by atoms with van der Waals surface area (Å²) in [6, 6.07) is 5.76. The lowest BCUT2D eigenvalue weighted by molar-refractivity contribution is -0.274. The molecule has 0 saturated heterocycles. The van der Waals surface area contributed by atoms with E-state index in [1.54, 1.807) is 13.0 Å². The Labute approximate surface area is 91.0 Å². The zero-order chi connectivity index (χ0) is 12.2. The molecule has 0 bridgehead atoms. The molecular weight excluding hydrogens is 221 g/mol. The summed E-state index contributed by atoms with van der Waals surface area (Å²) in [5.74, 6) is -0.275. The van der Waals surface area contributed by atoms with Gasteiger partial charge in [-0.3, -0.25) is 0 Å². The van der Waals surface area contributed by atoms with Gasteiger partial charge in [0, 0.05) is 5.56 Å². The van der Waals surface area contributed by atoms with Gasteiger partial charge in [-0.05, 0) is 18.6 Å². The fourth-order valence-corrected chi connectivity index (χ4v) is 1.13. The van der Waals surface area contributed by atoms with E-state index in [9.17, 15) is 13.2 Å². The van der Waals surface area contributed by atoms with Gasteiger partial charge >= 0.3 is 6.36 Å². The highest BCUT2D eigenvalue weighted by Crippen LogP contribution is 2.27. The molecule has 1 aromatic rings. The Balaban J connectivity index is 3.01. The Hall–Kier alpha value is -1.49. The third-order valence-corrected chi connectivity index (χ3v) is 1.80. The average Bonchev–Trinajstić information content (AvgIpc) is 2.18. The maximum absolute atomic E-state index is 12.0. The van der Waals surface area contributed by atoms with Crippen LogP contribution in [-0.2, 0) is 0 Å². The summed E-state index contributed by atoms with van der Waals surface area (Å²) < 4.78 is 40.0. The quantitative estimate of drug-likeness (QED) is 0.868. The number of aliphatic hydroxyl groups excluding tert-OH is 1. The van der Waals surface area contributed by atoms with Gasteiger partial charge in [0.1, 0.15) is 5.75 Å². The molecule has 0 aliphatic heterocycles. The van der Waals surface area contributed by atoms with E-state index in [1.165, 1.54) is 24.3 Å². The second kappa shape index (κ2) is 5.03. The SMILES string of the molecule is CC(=Cc1ccccc1OC(F)(F)F)CO. The first-order chi connectivity index (χ1) is 7.42. The molecule has 0 atom stereocenters. The van der Waals surface area contributed by atoms with E-state index in [-0.39, 0.29) is 17.9 Å². The molecule has 0 spiro atoms. The predicted molar refractivity (Wildman–Crippen MR) is 53.9 cm³/mol. The summed E-state index contributed by atoms with van der Waals surface area (Å²) in [6.45, 7) is 1.41. The molecule has 88 valence electrons. The number of ether oxygens (including phenoxy) is 1. The van der Waals surface area contributed by atoms with Crippen LogP contribution >= 0.6 is 0 Å². The number of alkyl halides is 3. The molecule has 0 aromatic heterocycles. The molecule has 16 heavy (non-hydrogen) atoms. The molecule has 0 heterocycles. The van der Waals surface area contributed by atoms with Crippen molar-refractivity contribution in [3.05, 3.63) is 35.4 Å². The number of halogens is 3. The van der Waals surface area contributed by atoms with E-state index in [0.29, 0.717) is 5.57 Å². The van der Waals surface area contributed by atoms with E-state index in [2.05, 4.69) is 4.74 Å². The van der Waals surface area contributed by atoms with Crippen molar-refractivity contribution >= 4 is 6.08 Å². The van der Waals surface area contributed by atoms with Crippen molar-refractivity contribution in [3.63, 3.8) is 0 Å². The molecule has 0 radical (unpaired) electrons. The normalized spacial score (nSPS) is 12.7. The van der Waals surface area contributed by atoms with Gasteiger partial charge in [0.2, 0.25) is 0 Å². The second-order valence-electron chi connectivity index (χ2n) is 3.23. The smallest absolute Gasteiger partial charge is 0.405 e. The van der Waals surface area contributed by atoms with E-state index < -0.39 is 6.36 Å². The predicted octanol–water partition coefficient (Wildman–Crippen LogP) is 2.98. The summed E-state index contributed by atoms with van der Waals surface area (Å²) in [4.78, 5) is 0. The van der Waals surface area contributed by atoms with E-state index in [0.717, 1.165) is 0 Å². The molecule has 0 aliphatic rings. The van der Waals surface area contributed by atoms with Crippen molar-refractivity contribution in [2.24, 2.45) is 0 Å². The fourth-order valence-electron chi connectivity index (χ4n) is 1.13. The molecule has 0 saturated carbocycles. The molecule has 5 heteroatoms. The third-order valence-electron chi connectivity index (χ3n) is 1.80. The standard InChI is InChI=1S/C11H11F3O2/c1-8(7-15)6-9-4-2-3-5-10(9)16-11(12,13)14/h2-6,15H,7H2,1H3. The van der Waals surface area contributed by atoms with Crippen LogP contribution in [0.25, 0.3) is 6.08 Å². The zero-order valence-electron chi connectivity index (χ0n) is 8.58. The van der Waals surface area contributed by atoms with Gasteiger partial charge in [0.25, 0.3) is 0 Å². The topological polar surface area (TPSA) is 29.5 Å². The fraction of sp³-hybridized carbons (Fsp3) is 0.273. The molecule has 1 N–H and O–H groups in total. The van der Waals surface area contributed by atoms with Crippen LogP contribution < -0.4 is 4.74 Å². The minimum Gasteiger partial charge on any atom is -0.405 e. The lowest BCUT2D eigenvalue weighted by Gasteiger charge is -2.11. The monoisotopic (exact) mass is 232 g/mol. The minimum absolute atomic E-state index is 0.208. The van der Waals surface area contributed by atoms with Gasteiger partial charge in [-0.15, -0.1) is 13.2 Å². The number of hydrogen-bond acceptors (Lipinski definition) is 2. The van der Waals surface area contributed by atoms with E-state index >= 15 is 0 Å². The molecule has 1 aromatic carbocycles. The summed E-state index contributed by atoms with van der Waals surface area (Å²) in [7, 11) is 0. The highest BCUT2D eigenvalue weighted by molar-refractivity contribution is 5.59. The Bertz CT molecular complexity index is 383. The Morgan fingerprint density at radius 2 is 2.00 bits per heavy atom. The molecule has 0 fully saturated rings. The summed E-state index contributed by atoms with van der Waals surface area (Å²) >= 11 is 0. The molecule has 0 aliphatic carbocycles. The minimum atomic E-state index is -4.71. The summed E-state index contributed by atoms with van der Waals surface area (Å²) in [5, 5.41) is 8.79. The first kappa shape index (κ1) is 12.6. The van der Waals surface area contributed by atoms with E-state index in [1.807, 2.05) is 0 Å².